The van der Waals surface area contributed by atoms with E-state index in [9.17, 15) is 24.3 Å². The van der Waals surface area contributed by atoms with Crippen molar-refractivity contribution >= 4 is 28.9 Å². The van der Waals surface area contributed by atoms with E-state index in [1.165, 1.54) is 12.3 Å². The zero-order valence-electron chi connectivity index (χ0n) is 25.3. The number of aromatic nitrogens is 3. The number of ether oxygens (including phenoxy) is 2. The molecular weight excluding hydrogens is 602 g/mol. The molecule has 1 aliphatic heterocycles. The molecule has 2 unspecified atom stereocenters. The molecule has 8 atom stereocenters. The number of thioether (sulfide) groups is 1. The number of hydrogen-bond acceptors (Lipinski definition) is 9. The Morgan fingerprint density at radius 2 is 2.07 bits per heavy atom. The summed E-state index contributed by atoms with van der Waals surface area (Å²) in [6.07, 6.45) is 6.09. The lowest BCUT2D eigenvalue weighted by Gasteiger charge is -2.63. The van der Waals surface area contributed by atoms with Crippen LogP contribution in [0.2, 0.25) is 0 Å². The molecule has 3 saturated carbocycles. The number of aliphatic hydroxyl groups excluding tert-OH is 1. The smallest absolute Gasteiger partial charge is 0.312 e. The number of carbonyl (C=O) groups excluding carboxylic acids is 2. The number of esters is 1. The second-order valence-electron chi connectivity index (χ2n) is 13.7. The summed E-state index contributed by atoms with van der Waals surface area (Å²) < 4.78 is 44.9. The van der Waals surface area contributed by atoms with Crippen molar-refractivity contribution in [3.05, 3.63) is 47.3 Å². The van der Waals surface area contributed by atoms with Crippen molar-refractivity contribution in [1.82, 2.24) is 14.8 Å². The molecule has 3 heterocycles. The SMILES string of the molecule is C[C@]12C[C@H](O)[C@@]3(F)[C@@H](CCC4=Cc5c(cnn5-c5ccc(F)nc5)C[C@@]43C)[C@@H]1CCC2(OC(=O)C1CCOC1)C(=O)SCC#N. The fraction of sp³-hybridized carbons (Fsp3) is 0.606. The van der Waals surface area contributed by atoms with Crippen LogP contribution in [0, 0.1) is 45.9 Å². The molecule has 0 bridgehead atoms. The number of alkyl halides is 1. The molecule has 4 fully saturated rings. The fourth-order valence-corrected chi connectivity index (χ4v) is 10.3. The van der Waals surface area contributed by atoms with E-state index >= 15 is 4.39 Å². The molecule has 7 rings (SSSR count). The van der Waals surface area contributed by atoms with Gasteiger partial charge in [-0.15, -0.1) is 0 Å². The maximum Gasteiger partial charge on any atom is 0.312 e. The van der Waals surface area contributed by atoms with Crippen LogP contribution < -0.4 is 0 Å². The van der Waals surface area contributed by atoms with E-state index in [0.29, 0.717) is 44.4 Å². The van der Waals surface area contributed by atoms with Crippen LogP contribution >= 0.6 is 11.8 Å². The number of pyridine rings is 1. The molecule has 0 spiro atoms. The van der Waals surface area contributed by atoms with Crippen LogP contribution in [0.4, 0.5) is 8.78 Å². The van der Waals surface area contributed by atoms with Gasteiger partial charge in [-0.3, -0.25) is 9.59 Å². The van der Waals surface area contributed by atoms with Gasteiger partial charge in [-0.05, 0) is 74.6 Å². The summed E-state index contributed by atoms with van der Waals surface area (Å²) in [7, 11) is 0. The van der Waals surface area contributed by atoms with E-state index in [1.54, 1.807) is 16.9 Å². The standard InChI is InChI=1S/C33H36F2N4O5S/c1-30-14-20-16-38-39(22-4-6-27(34)37-17-22)25(20)13-21(30)3-5-24-23-7-9-32(29(42)45-12-10-36,44-28(41)19-8-11-43-18-19)31(23,2)15-26(40)33(24,30)35/h4,6,13,16-17,19,23-24,26,40H,3,5,7-9,11-12,14-15,18H2,1-2H3/t19?,23-,24-,26-,30-,31-,32?,33-/m0/s1. The maximum absolute atomic E-state index is 18.1. The highest BCUT2D eigenvalue weighted by Crippen LogP contribution is 2.71. The third-order valence-electron chi connectivity index (χ3n) is 11.8. The number of rotatable bonds is 5. The van der Waals surface area contributed by atoms with Gasteiger partial charge in [0.1, 0.15) is 5.67 Å². The third-order valence-corrected chi connectivity index (χ3v) is 12.7. The number of fused-ring (bicyclic) bond motifs is 6. The summed E-state index contributed by atoms with van der Waals surface area (Å²) in [4.78, 5) is 31.1. The molecule has 2 aromatic rings. The first-order chi connectivity index (χ1) is 21.5. The minimum Gasteiger partial charge on any atom is -0.449 e. The molecule has 4 aliphatic carbocycles. The normalized spacial score (nSPS) is 38.3. The second-order valence-corrected chi connectivity index (χ2v) is 14.7. The summed E-state index contributed by atoms with van der Waals surface area (Å²) in [5, 5.41) is 25.3. The Hall–Kier alpha value is -3.14. The molecule has 0 radical (unpaired) electrons. The summed E-state index contributed by atoms with van der Waals surface area (Å²) in [5.41, 5.74) is -2.58. The Bertz CT molecular complexity index is 1620. The first kappa shape index (κ1) is 30.5. The molecule has 45 heavy (non-hydrogen) atoms. The molecular formula is C33H36F2N4O5S. The van der Waals surface area contributed by atoms with E-state index in [0.717, 1.165) is 28.6 Å². The van der Waals surface area contributed by atoms with E-state index < -0.39 is 57.1 Å². The summed E-state index contributed by atoms with van der Waals surface area (Å²) >= 11 is 0.824. The average molecular weight is 639 g/mol. The van der Waals surface area contributed by atoms with Gasteiger partial charge in [0.2, 0.25) is 11.1 Å². The van der Waals surface area contributed by atoms with Gasteiger partial charge in [-0.2, -0.15) is 14.8 Å². The van der Waals surface area contributed by atoms with E-state index in [4.69, 9.17) is 9.47 Å². The van der Waals surface area contributed by atoms with Crippen molar-refractivity contribution in [2.24, 2.45) is 28.6 Å². The van der Waals surface area contributed by atoms with Crippen molar-refractivity contribution in [2.45, 2.75) is 76.2 Å². The van der Waals surface area contributed by atoms with Crippen molar-refractivity contribution in [3.8, 4) is 11.8 Å². The lowest BCUT2D eigenvalue weighted by atomic mass is 9.44. The number of halogens is 2. The summed E-state index contributed by atoms with van der Waals surface area (Å²) in [6.45, 7) is 4.40. The van der Waals surface area contributed by atoms with E-state index in [1.807, 2.05) is 26.0 Å². The third kappa shape index (κ3) is 4.22. The number of allylic oxidation sites excluding steroid dienone is 1. The predicted molar refractivity (Wildman–Crippen MR) is 160 cm³/mol. The van der Waals surface area contributed by atoms with Crippen LogP contribution in [-0.2, 0) is 25.5 Å². The van der Waals surface area contributed by atoms with Crippen LogP contribution in [-0.4, -0.2) is 67.3 Å². The molecule has 9 nitrogen and oxygen atoms in total. The quantitative estimate of drug-likeness (QED) is 0.365. The minimum atomic E-state index is -2.01. The predicted octanol–water partition coefficient (Wildman–Crippen LogP) is 4.75. The summed E-state index contributed by atoms with van der Waals surface area (Å²) in [5.74, 6) is -2.61. The van der Waals surface area contributed by atoms with Gasteiger partial charge in [0.25, 0.3) is 0 Å². The molecule has 0 aromatic carbocycles. The monoisotopic (exact) mass is 638 g/mol. The highest BCUT2D eigenvalue weighted by Gasteiger charge is 2.76. The highest BCUT2D eigenvalue weighted by atomic mass is 32.2. The van der Waals surface area contributed by atoms with Crippen LogP contribution in [0.15, 0.2) is 30.1 Å². The average Bonchev–Trinajstić information content (AvgIpc) is 3.75. The highest BCUT2D eigenvalue weighted by molar-refractivity contribution is 8.14. The lowest BCUT2D eigenvalue weighted by Crippen LogP contribution is -2.70. The number of nitriles is 1. The van der Waals surface area contributed by atoms with Gasteiger partial charge < -0.3 is 14.6 Å². The van der Waals surface area contributed by atoms with E-state index in [2.05, 4.69) is 10.1 Å². The zero-order chi connectivity index (χ0) is 31.8. The second kappa shape index (κ2) is 10.7. The Kier molecular flexibility index (Phi) is 7.26. The van der Waals surface area contributed by atoms with Crippen LogP contribution in [0.25, 0.3) is 11.8 Å². The molecule has 2 aromatic heterocycles. The van der Waals surface area contributed by atoms with Crippen molar-refractivity contribution in [2.75, 3.05) is 19.0 Å². The lowest BCUT2D eigenvalue weighted by molar-refractivity contribution is -0.229. The molecule has 0 amide bonds. The van der Waals surface area contributed by atoms with Gasteiger partial charge in [0.05, 0.1) is 54.2 Å². The van der Waals surface area contributed by atoms with Gasteiger partial charge in [0, 0.05) is 23.4 Å². The van der Waals surface area contributed by atoms with Gasteiger partial charge >= 0.3 is 5.97 Å². The largest absolute Gasteiger partial charge is 0.449 e. The van der Waals surface area contributed by atoms with Crippen molar-refractivity contribution < 1.29 is 33.0 Å². The zero-order valence-corrected chi connectivity index (χ0v) is 26.1. The molecule has 1 N–H and O–H groups in total. The van der Waals surface area contributed by atoms with Crippen LogP contribution in [0.3, 0.4) is 0 Å². The molecule has 5 aliphatic rings. The van der Waals surface area contributed by atoms with Gasteiger partial charge in [-0.1, -0.05) is 31.2 Å². The van der Waals surface area contributed by atoms with Gasteiger partial charge in [-0.25, -0.2) is 14.1 Å². The maximum atomic E-state index is 18.1. The first-order valence-corrected chi connectivity index (χ1v) is 16.6. The topological polar surface area (TPSA) is 127 Å². The van der Waals surface area contributed by atoms with Gasteiger partial charge in [0.15, 0.2) is 5.60 Å². The first-order valence-electron chi connectivity index (χ1n) is 15.6. The Morgan fingerprint density at radius 3 is 2.78 bits per heavy atom. The van der Waals surface area contributed by atoms with Crippen molar-refractivity contribution in [1.29, 1.82) is 5.26 Å². The van der Waals surface area contributed by atoms with Crippen LogP contribution in [0.5, 0.6) is 0 Å². The fourth-order valence-electron chi connectivity index (χ4n) is 9.48. The van der Waals surface area contributed by atoms with Crippen LogP contribution in [0.1, 0.15) is 63.6 Å². The molecule has 1 saturated heterocycles. The molecule has 238 valence electrons. The molecule has 12 heteroatoms. The number of nitrogens with zero attached hydrogens (tertiary/aromatic N) is 4. The Labute approximate surface area is 264 Å². The number of hydrogen-bond donors (Lipinski definition) is 1. The number of aliphatic hydroxyl groups is 1. The Balaban J connectivity index is 1.25. The van der Waals surface area contributed by atoms with Crippen molar-refractivity contribution in [3.63, 3.8) is 0 Å². The van der Waals surface area contributed by atoms with E-state index in [-0.39, 0.29) is 31.1 Å². The number of carbonyl (C=O) groups is 2. The Morgan fingerprint density at radius 1 is 1.24 bits per heavy atom. The summed E-state index contributed by atoms with van der Waals surface area (Å²) in [6, 6.07) is 4.85. The minimum absolute atomic E-state index is 0.0613.